The second-order valence-corrected chi connectivity index (χ2v) is 4.09. The molecule has 0 saturated carbocycles. The van der Waals surface area contributed by atoms with Crippen LogP contribution in [0.2, 0.25) is 0 Å². The molecule has 0 fully saturated rings. The molecule has 1 atom stereocenters. The van der Waals surface area contributed by atoms with Crippen molar-refractivity contribution in [1.82, 2.24) is 14.1 Å². The van der Waals surface area contributed by atoms with Crippen LogP contribution in [-0.2, 0) is 13.6 Å². The first-order valence-corrected chi connectivity index (χ1v) is 5.58. The number of imidazole rings is 1. The molecule has 2 aromatic heterocycles. The molecule has 2 N–H and O–H groups in total. The van der Waals surface area contributed by atoms with E-state index in [1.54, 1.807) is 0 Å². The lowest BCUT2D eigenvalue weighted by Crippen LogP contribution is -2.08. The Kier molecular flexibility index (Phi) is 3.10. The summed E-state index contributed by atoms with van der Waals surface area (Å²) in [5, 5.41) is 0. The maximum atomic E-state index is 5.98. The van der Waals surface area contributed by atoms with E-state index in [1.165, 1.54) is 5.56 Å². The first-order valence-electron chi connectivity index (χ1n) is 5.58. The van der Waals surface area contributed by atoms with Crippen LogP contribution in [-0.4, -0.2) is 14.1 Å². The first kappa shape index (κ1) is 11.0. The van der Waals surface area contributed by atoms with E-state index in [0.29, 0.717) is 0 Å². The molecule has 0 radical (unpaired) electrons. The second-order valence-electron chi connectivity index (χ2n) is 4.09. The zero-order valence-corrected chi connectivity index (χ0v) is 9.80. The summed E-state index contributed by atoms with van der Waals surface area (Å²) in [6, 6.07) is 2.22. The van der Waals surface area contributed by atoms with Gasteiger partial charge in [-0.15, -0.1) is 0 Å². The van der Waals surface area contributed by atoms with Crippen LogP contribution in [0.3, 0.4) is 0 Å². The highest BCUT2D eigenvalue weighted by molar-refractivity contribution is 5.15. The van der Waals surface area contributed by atoms with Crippen LogP contribution in [0.4, 0.5) is 0 Å². The summed E-state index contributed by atoms with van der Waals surface area (Å²) in [6.07, 6.45) is 8.89. The van der Waals surface area contributed by atoms with Crippen LogP contribution < -0.4 is 5.73 Å². The summed E-state index contributed by atoms with van der Waals surface area (Å²) in [5.41, 5.74) is 7.17. The molecule has 0 spiro atoms. The molecule has 0 amide bonds. The highest BCUT2D eigenvalue weighted by Crippen LogP contribution is 2.14. The summed E-state index contributed by atoms with van der Waals surface area (Å²) in [4.78, 5) is 4.30. The largest absolute Gasteiger partial charge is 0.346 e. The SMILES string of the molecule is CCC(N)c1ccn(Cc2nccn2C)c1. The Labute approximate surface area is 95.7 Å². The van der Waals surface area contributed by atoms with E-state index in [9.17, 15) is 0 Å². The fraction of sp³-hybridized carbons (Fsp3) is 0.417. The van der Waals surface area contributed by atoms with Crippen molar-refractivity contribution >= 4 is 0 Å². The van der Waals surface area contributed by atoms with E-state index in [4.69, 9.17) is 5.73 Å². The van der Waals surface area contributed by atoms with Crippen molar-refractivity contribution < 1.29 is 0 Å². The number of nitrogens with two attached hydrogens (primary N) is 1. The van der Waals surface area contributed by atoms with E-state index >= 15 is 0 Å². The number of hydrogen-bond donors (Lipinski definition) is 1. The highest BCUT2D eigenvalue weighted by atomic mass is 15.1. The minimum absolute atomic E-state index is 0.141. The third kappa shape index (κ3) is 2.17. The standard InChI is InChI=1S/C12H18N4/c1-3-11(13)10-4-6-16(8-10)9-12-14-5-7-15(12)2/h4-8,11H,3,9,13H2,1-2H3. The predicted molar refractivity (Wildman–Crippen MR) is 64.0 cm³/mol. The molecule has 2 aromatic rings. The summed E-state index contributed by atoms with van der Waals surface area (Å²) >= 11 is 0. The molecule has 16 heavy (non-hydrogen) atoms. The van der Waals surface area contributed by atoms with Crippen molar-refractivity contribution in [1.29, 1.82) is 0 Å². The van der Waals surface area contributed by atoms with Crippen molar-refractivity contribution in [2.45, 2.75) is 25.9 Å². The van der Waals surface area contributed by atoms with Gasteiger partial charge in [-0.3, -0.25) is 0 Å². The Hall–Kier alpha value is -1.55. The molecule has 2 heterocycles. The Morgan fingerprint density at radius 1 is 1.44 bits per heavy atom. The summed E-state index contributed by atoms with van der Waals surface area (Å²) in [5.74, 6) is 1.05. The zero-order valence-electron chi connectivity index (χ0n) is 9.80. The quantitative estimate of drug-likeness (QED) is 0.848. The molecular formula is C12H18N4. The molecule has 0 aromatic carbocycles. The van der Waals surface area contributed by atoms with Crippen molar-refractivity contribution in [3.8, 4) is 0 Å². The van der Waals surface area contributed by atoms with Crippen molar-refractivity contribution in [3.05, 3.63) is 42.2 Å². The molecule has 4 heteroatoms. The van der Waals surface area contributed by atoms with E-state index in [-0.39, 0.29) is 6.04 Å². The minimum Gasteiger partial charge on any atom is -0.346 e. The molecule has 0 aliphatic rings. The maximum Gasteiger partial charge on any atom is 0.128 e. The van der Waals surface area contributed by atoms with Gasteiger partial charge in [-0.1, -0.05) is 6.92 Å². The van der Waals surface area contributed by atoms with Crippen molar-refractivity contribution in [3.63, 3.8) is 0 Å². The molecule has 4 nitrogen and oxygen atoms in total. The first-order chi connectivity index (χ1) is 7.70. The van der Waals surface area contributed by atoms with Gasteiger partial charge in [0.2, 0.25) is 0 Å². The van der Waals surface area contributed by atoms with Gasteiger partial charge >= 0.3 is 0 Å². The molecule has 0 saturated heterocycles. The average molecular weight is 218 g/mol. The van der Waals surface area contributed by atoms with E-state index in [0.717, 1.165) is 18.8 Å². The van der Waals surface area contributed by atoms with Gasteiger partial charge in [0, 0.05) is 37.9 Å². The normalized spacial score (nSPS) is 12.9. The predicted octanol–water partition coefficient (Wildman–Crippen LogP) is 1.68. The lowest BCUT2D eigenvalue weighted by Gasteiger charge is -2.06. The summed E-state index contributed by atoms with van der Waals surface area (Å²) in [7, 11) is 2.00. The average Bonchev–Trinajstić information content (AvgIpc) is 2.89. The molecule has 1 unspecified atom stereocenters. The molecule has 0 aliphatic carbocycles. The number of hydrogen-bond acceptors (Lipinski definition) is 2. The maximum absolute atomic E-state index is 5.98. The van der Waals surface area contributed by atoms with Crippen LogP contribution in [0, 0.1) is 0 Å². The monoisotopic (exact) mass is 218 g/mol. The van der Waals surface area contributed by atoms with E-state index < -0.39 is 0 Å². The Morgan fingerprint density at radius 3 is 2.88 bits per heavy atom. The number of aryl methyl sites for hydroxylation is 1. The van der Waals surface area contributed by atoms with Crippen LogP contribution in [0.25, 0.3) is 0 Å². The van der Waals surface area contributed by atoms with Gasteiger partial charge in [-0.05, 0) is 18.1 Å². The third-order valence-electron chi connectivity index (χ3n) is 2.89. The van der Waals surface area contributed by atoms with Gasteiger partial charge in [0.25, 0.3) is 0 Å². The number of rotatable bonds is 4. The van der Waals surface area contributed by atoms with Gasteiger partial charge in [0.15, 0.2) is 0 Å². The Bertz CT molecular complexity index is 455. The number of nitrogens with zero attached hydrogens (tertiary/aromatic N) is 3. The van der Waals surface area contributed by atoms with Gasteiger partial charge in [0.05, 0.1) is 6.54 Å². The molecule has 0 bridgehead atoms. The summed E-state index contributed by atoms with van der Waals surface area (Å²) < 4.78 is 4.15. The van der Waals surface area contributed by atoms with Gasteiger partial charge in [-0.2, -0.15) is 0 Å². The fourth-order valence-electron chi connectivity index (χ4n) is 1.72. The lowest BCUT2D eigenvalue weighted by atomic mass is 10.1. The van der Waals surface area contributed by atoms with Gasteiger partial charge < -0.3 is 14.9 Å². The van der Waals surface area contributed by atoms with Crippen LogP contribution in [0.15, 0.2) is 30.9 Å². The molecule has 86 valence electrons. The lowest BCUT2D eigenvalue weighted by molar-refractivity contribution is 0.678. The summed E-state index contributed by atoms with van der Waals surface area (Å²) in [6.45, 7) is 2.89. The van der Waals surface area contributed by atoms with Crippen molar-refractivity contribution in [2.75, 3.05) is 0 Å². The Morgan fingerprint density at radius 2 is 2.25 bits per heavy atom. The Balaban J connectivity index is 2.11. The number of aromatic nitrogens is 3. The topological polar surface area (TPSA) is 48.8 Å². The molecular weight excluding hydrogens is 200 g/mol. The van der Waals surface area contributed by atoms with Gasteiger partial charge in [0.1, 0.15) is 5.82 Å². The fourth-order valence-corrected chi connectivity index (χ4v) is 1.72. The minimum atomic E-state index is 0.141. The van der Waals surface area contributed by atoms with Crippen LogP contribution >= 0.6 is 0 Å². The smallest absolute Gasteiger partial charge is 0.128 e. The van der Waals surface area contributed by atoms with Crippen molar-refractivity contribution in [2.24, 2.45) is 12.8 Å². The van der Waals surface area contributed by atoms with Crippen LogP contribution in [0.5, 0.6) is 0 Å². The molecule has 2 rings (SSSR count). The molecule has 0 aliphatic heterocycles. The van der Waals surface area contributed by atoms with E-state index in [2.05, 4.69) is 34.9 Å². The zero-order chi connectivity index (χ0) is 11.5. The second kappa shape index (κ2) is 4.53. The van der Waals surface area contributed by atoms with Crippen LogP contribution in [0.1, 0.15) is 30.8 Å². The van der Waals surface area contributed by atoms with Gasteiger partial charge in [-0.25, -0.2) is 4.98 Å². The third-order valence-corrected chi connectivity index (χ3v) is 2.89. The highest BCUT2D eigenvalue weighted by Gasteiger charge is 2.06. The van der Waals surface area contributed by atoms with E-state index in [1.807, 2.05) is 24.0 Å².